The minimum atomic E-state index is -0.735. The number of amides is 1. The van der Waals surface area contributed by atoms with Crippen LogP contribution in [-0.2, 0) is 4.79 Å². The molecule has 3 aromatic rings. The van der Waals surface area contributed by atoms with Crippen molar-refractivity contribution in [2.75, 3.05) is 4.90 Å². The molecule has 1 fully saturated rings. The second kappa shape index (κ2) is 6.50. The molecule has 0 aliphatic carbocycles. The van der Waals surface area contributed by atoms with Gasteiger partial charge in [-0.3, -0.25) is 10.2 Å². The first kappa shape index (κ1) is 16.7. The maximum absolute atomic E-state index is 13.9. The molecule has 0 unspecified atom stereocenters. The first-order valence-electron chi connectivity index (χ1n) is 7.30. The van der Waals surface area contributed by atoms with Crippen molar-refractivity contribution in [3.63, 3.8) is 0 Å². The summed E-state index contributed by atoms with van der Waals surface area (Å²) in [4.78, 5) is 18.1. The van der Waals surface area contributed by atoms with Crippen molar-refractivity contribution in [2.45, 2.75) is 0 Å². The maximum atomic E-state index is 13.9. The fraction of sp³-hybridized carbons (Fsp3) is 0. The lowest BCUT2D eigenvalue weighted by molar-refractivity contribution is -0.113. The Morgan fingerprint density at radius 2 is 2.08 bits per heavy atom. The van der Waals surface area contributed by atoms with E-state index in [-0.39, 0.29) is 22.4 Å². The quantitative estimate of drug-likeness (QED) is 0.657. The Hall–Kier alpha value is -2.78. The average molecular weight is 389 g/mol. The van der Waals surface area contributed by atoms with Gasteiger partial charge in [0.1, 0.15) is 23.2 Å². The standard InChI is InChI=1S/C17H9F2N3O2S2/c18-9-1-3-11(12(19)7-9)13-4-2-10(24-13)8-14-15(23)22(16(20)26-14)17-21-5-6-25-17/h1-8,20H. The maximum Gasteiger partial charge on any atom is 0.273 e. The fourth-order valence-electron chi connectivity index (χ4n) is 2.38. The number of benzene rings is 1. The molecule has 1 amide bonds. The number of anilines is 1. The lowest BCUT2D eigenvalue weighted by atomic mass is 10.1. The van der Waals surface area contributed by atoms with Crippen LogP contribution in [0.3, 0.4) is 0 Å². The van der Waals surface area contributed by atoms with Gasteiger partial charge in [0, 0.05) is 23.7 Å². The molecule has 4 rings (SSSR count). The van der Waals surface area contributed by atoms with Crippen LogP contribution in [0.4, 0.5) is 13.9 Å². The van der Waals surface area contributed by atoms with E-state index in [1.54, 1.807) is 17.6 Å². The van der Waals surface area contributed by atoms with E-state index in [1.165, 1.54) is 34.4 Å². The first-order valence-corrected chi connectivity index (χ1v) is 9.00. The topological polar surface area (TPSA) is 70.2 Å². The average Bonchev–Trinajstić information content (AvgIpc) is 3.31. The molecule has 0 saturated carbocycles. The van der Waals surface area contributed by atoms with Crippen molar-refractivity contribution in [1.82, 2.24) is 4.98 Å². The zero-order chi connectivity index (χ0) is 18.3. The minimum absolute atomic E-state index is 0.0487. The summed E-state index contributed by atoms with van der Waals surface area (Å²) in [5.41, 5.74) is 0.124. The number of nitrogens with one attached hydrogen (secondary N) is 1. The number of carbonyl (C=O) groups excluding carboxylic acids is 1. The molecule has 3 heterocycles. The molecule has 0 bridgehead atoms. The minimum Gasteiger partial charge on any atom is -0.457 e. The van der Waals surface area contributed by atoms with E-state index in [2.05, 4.69) is 4.98 Å². The Morgan fingerprint density at radius 1 is 1.23 bits per heavy atom. The normalized spacial score (nSPS) is 16.1. The number of amidine groups is 1. The number of rotatable bonds is 3. The largest absolute Gasteiger partial charge is 0.457 e. The van der Waals surface area contributed by atoms with Gasteiger partial charge in [-0.25, -0.2) is 18.7 Å². The molecule has 2 aromatic heterocycles. The monoisotopic (exact) mass is 389 g/mol. The van der Waals surface area contributed by atoms with Crippen molar-refractivity contribution < 1.29 is 18.0 Å². The molecule has 0 spiro atoms. The molecule has 0 radical (unpaired) electrons. The summed E-state index contributed by atoms with van der Waals surface area (Å²) >= 11 is 2.25. The van der Waals surface area contributed by atoms with Gasteiger partial charge in [0.25, 0.3) is 5.91 Å². The zero-order valence-corrected chi connectivity index (χ0v) is 14.5. The SMILES string of the molecule is N=C1SC(=Cc2ccc(-c3ccc(F)cc3F)o2)C(=O)N1c1nccs1. The van der Waals surface area contributed by atoms with Gasteiger partial charge < -0.3 is 4.42 Å². The summed E-state index contributed by atoms with van der Waals surface area (Å²) < 4.78 is 32.4. The smallest absolute Gasteiger partial charge is 0.273 e. The Morgan fingerprint density at radius 3 is 2.81 bits per heavy atom. The summed E-state index contributed by atoms with van der Waals surface area (Å²) in [6.45, 7) is 0. The Labute approximate surface area is 154 Å². The Bertz CT molecular complexity index is 1040. The van der Waals surface area contributed by atoms with E-state index in [4.69, 9.17) is 9.83 Å². The van der Waals surface area contributed by atoms with Crippen LogP contribution in [0, 0.1) is 17.0 Å². The van der Waals surface area contributed by atoms with Gasteiger partial charge in [-0.05, 0) is 36.0 Å². The second-order valence-electron chi connectivity index (χ2n) is 5.20. The number of aromatic nitrogens is 1. The van der Waals surface area contributed by atoms with Crippen LogP contribution in [0.5, 0.6) is 0 Å². The second-order valence-corrected chi connectivity index (χ2v) is 7.10. The molecule has 1 aromatic carbocycles. The van der Waals surface area contributed by atoms with E-state index < -0.39 is 11.6 Å². The number of thiazole rings is 1. The number of carbonyl (C=O) groups is 1. The fourth-order valence-corrected chi connectivity index (χ4v) is 3.91. The van der Waals surface area contributed by atoms with Crippen LogP contribution >= 0.6 is 23.1 Å². The van der Waals surface area contributed by atoms with Crippen molar-refractivity contribution in [3.05, 3.63) is 64.2 Å². The van der Waals surface area contributed by atoms with Crippen LogP contribution in [0.2, 0.25) is 0 Å². The highest BCUT2D eigenvalue weighted by atomic mass is 32.2. The number of furan rings is 1. The molecule has 5 nitrogen and oxygen atoms in total. The van der Waals surface area contributed by atoms with Gasteiger partial charge in [0.15, 0.2) is 10.3 Å². The lowest BCUT2D eigenvalue weighted by Gasteiger charge is -2.08. The molecule has 1 saturated heterocycles. The molecule has 1 N–H and O–H groups in total. The van der Waals surface area contributed by atoms with Crippen LogP contribution in [0.25, 0.3) is 17.4 Å². The number of hydrogen-bond donors (Lipinski definition) is 1. The van der Waals surface area contributed by atoms with Crippen molar-refractivity contribution >= 4 is 45.4 Å². The predicted molar refractivity (Wildman–Crippen MR) is 97.0 cm³/mol. The van der Waals surface area contributed by atoms with Gasteiger partial charge in [0.05, 0.1) is 10.5 Å². The van der Waals surface area contributed by atoms with Crippen LogP contribution in [0.15, 0.2) is 51.2 Å². The third-order valence-corrected chi connectivity index (χ3v) is 5.18. The van der Waals surface area contributed by atoms with E-state index in [0.717, 1.165) is 23.9 Å². The number of hydrogen-bond acceptors (Lipinski definition) is 6. The van der Waals surface area contributed by atoms with Gasteiger partial charge in [-0.1, -0.05) is 0 Å². The molecule has 0 atom stereocenters. The molecule has 1 aliphatic rings. The van der Waals surface area contributed by atoms with Gasteiger partial charge in [-0.2, -0.15) is 0 Å². The molecule has 26 heavy (non-hydrogen) atoms. The van der Waals surface area contributed by atoms with Gasteiger partial charge in [-0.15, -0.1) is 11.3 Å². The van der Waals surface area contributed by atoms with Crippen molar-refractivity contribution in [3.8, 4) is 11.3 Å². The number of nitrogens with zero attached hydrogens (tertiary/aromatic N) is 2. The third-order valence-electron chi connectivity index (χ3n) is 3.53. The van der Waals surface area contributed by atoms with Crippen molar-refractivity contribution in [1.29, 1.82) is 5.41 Å². The number of thioether (sulfide) groups is 1. The Kier molecular flexibility index (Phi) is 4.17. The van der Waals surface area contributed by atoms with Gasteiger partial charge in [0.2, 0.25) is 0 Å². The molecule has 130 valence electrons. The van der Waals surface area contributed by atoms with Gasteiger partial charge >= 0.3 is 0 Å². The summed E-state index contributed by atoms with van der Waals surface area (Å²) in [6.07, 6.45) is 3.04. The molecule has 9 heteroatoms. The highest BCUT2D eigenvalue weighted by Crippen LogP contribution is 2.36. The van der Waals surface area contributed by atoms with E-state index in [1.807, 2.05) is 0 Å². The van der Waals surface area contributed by atoms with Crippen LogP contribution in [-0.4, -0.2) is 16.1 Å². The summed E-state index contributed by atoms with van der Waals surface area (Å²) in [5, 5.41) is 10.2. The summed E-state index contributed by atoms with van der Waals surface area (Å²) in [7, 11) is 0. The lowest BCUT2D eigenvalue weighted by Crippen LogP contribution is -2.27. The van der Waals surface area contributed by atoms with Crippen molar-refractivity contribution in [2.24, 2.45) is 0 Å². The number of halogens is 2. The summed E-state index contributed by atoms with van der Waals surface area (Å²) in [6, 6.07) is 6.32. The third kappa shape index (κ3) is 2.95. The van der Waals surface area contributed by atoms with Crippen LogP contribution < -0.4 is 4.90 Å². The highest BCUT2D eigenvalue weighted by molar-refractivity contribution is 8.19. The Balaban J connectivity index is 1.63. The van der Waals surface area contributed by atoms with Crippen LogP contribution in [0.1, 0.15) is 5.76 Å². The van der Waals surface area contributed by atoms with E-state index >= 15 is 0 Å². The summed E-state index contributed by atoms with van der Waals surface area (Å²) in [5.74, 6) is -1.23. The first-order chi connectivity index (χ1) is 12.5. The molecule has 1 aliphatic heterocycles. The van der Waals surface area contributed by atoms with E-state index in [9.17, 15) is 13.6 Å². The zero-order valence-electron chi connectivity index (χ0n) is 12.9. The molecular weight excluding hydrogens is 380 g/mol. The highest BCUT2D eigenvalue weighted by Gasteiger charge is 2.35. The van der Waals surface area contributed by atoms with E-state index in [0.29, 0.717) is 15.8 Å². The molecular formula is C17H9F2N3O2S2. The predicted octanol–water partition coefficient (Wildman–Crippen LogP) is 4.74.